The molecule has 0 spiro atoms. The molecular weight excluding hydrogens is 142 g/mol. The summed E-state index contributed by atoms with van der Waals surface area (Å²) in [4.78, 5) is 10.9. The maximum absolute atomic E-state index is 10.9. The molecule has 0 aliphatic carbocycles. The molecule has 1 aliphatic heterocycles. The van der Waals surface area contributed by atoms with Gasteiger partial charge in [-0.3, -0.25) is 4.79 Å². The fourth-order valence-corrected chi connectivity index (χ4v) is 1.27. The molecule has 1 heterocycles. The van der Waals surface area contributed by atoms with Crippen LogP contribution in [0.4, 0.5) is 0 Å². The Morgan fingerprint density at radius 1 is 1.55 bits per heavy atom. The van der Waals surface area contributed by atoms with E-state index < -0.39 is 11.3 Å². The highest BCUT2D eigenvalue weighted by molar-refractivity contribution is 5.83. The van der Waals surface area contributed by atoms with Gasteiger partial charge in [0.05, 0.1) is 6.07 Å². The van der Waals surface area contributed by atoms with E-state index in [1.165, 1.54) is 0 Å². The molecule has 1 amide bonds. The molecule has 3 N–H and O–H groups in total. The largest absolute Gasteiger partial charge is 0.368 e. The van der Waals surface area contributed by atoms with Crippen molar-refractivity contribution in [1.29, 1.82) is 5.26 Å². The topological polar surface area (TPSA) is 78.9 Å². The van der Waals surface area contributed by atoms with Gasteiger partial charge >= 0.3 is 0 Å². The summed E-state index contributed by atoms with van der Waals surface area (Å²) in [6.07, 6.45) is 1.08. The molecule has 0 atom stereocenters. The summed E-state index contributed by atoms with van der Waals surface area (Å²) >= 11 is 0. The maximum atomic E-state index is 10.9. The highest BCUT2D eigenvalue weighted by atomic mass is 16.1. The molecule has 1 saturated heterocycles. The number of nitriles is 1. The lowest BCUT2D eigenvalue weighted by molar-refractivity contribution is -0.125. The lowest BCUT2D eigenvalue weighted by Gasteiger charge is -2.27. The monoisotopic (exact) mass is 153 g/mol. The van der Waals surface area contributed by atoms with Gasteiger partial charge in [0.25, 0.3) is 0 Å². The first-order chi connectivity index (χ1) is 5.21. The zero-order valence-electron chi connectivity index (χ0n) is 6.26. The summed E-state index contributed by atoms with van der Waals surface area (Å²) in [6, 6.07) is 2.00. The van der Waals surface area contributed by atoms with Crippen LogP contribution in [0.5, 0.6) is 0 Å². The van der Waals surface area contributed by atoms with E-state index in [-0.39, 0.29) is 0 Å². The van der Waals surface area contributed by atoms with Crippen molar-refractivity contribution in [3.8, 4) is 6.07 Å². The lowest BCUT2D eigenvalue weighted by Crippen LogP contribution is -2.44. The first kappa shape index (κ1) is 8.02. The molecular formula is C7H11N3O. The quantitative estimate of drug-likeness (QED) is 0.526. The van der Waals surface area contributed by atoms with Crippen LogP contribution in [0, 0.1) is 16.7 Å². The molecule has 1 rings (SSSR count). The number of amides is 1. The van der Waals surface area contributed by atoms with E-state index in [0.717, 1.165) is 0 Å². The van der Waals surface area contributed by atoms with Gasteiger partial charge in [-0.05, 0) is 25.9 Å². The zero-order chi connectivity index (χ0) is 8.32. The summed E-state index contributed by atoms with van der Waals surface area (Å²) in [6.45, 7) is 1.41. The van der Waals surface area contributed by atoms with Gasteiger partial charge < -0.3 is 11.1 Å². The van der Waals surface area contributed by atoms with E-state index in [1.807, 2.05) is 6.07 Å². The average molecular weight is 153 g/mol. The molecule has 0 radical (unpaired) electrons. The van der Waals surface area contributed by atoms with Gasteiger partial charge in [-0.2, -0.15) is 5.26 Å². The molecule has 0 aromatic carbocycles. The van der Waals surface area contributed by atoms with Crippen LogP contribution < -0.4 is 11.1 Å². The SMILES string of the molecule is N#CC1(C(N)=O)CCNCC1. The normalized spacial score (nSPS) is 22.1. The van der Waals surface area contributed by atoms with Gasteiger partial charge in [0.1, 0.15) is 5.41 Å². The molecule has 60 valence electrons. The molecule has 4 heteroatoms. The van der Waals surface area contributed by atoms with Crippen LogP contribution in [-0.2, 0) is 4.79 Å². The number of primary amides is 1. The van der Waals surface area contributed by atoms with E-state index in [4.69, 9.17) is 11.0 Å². The van der Waals surface area contributed by atoms with Gasteiger partial charge in [-0.15, -0.1) is 0 Å². The smallest absolute Gasteiger partial charge is 0.238 e. The number of carbonyl (C=O) groups excluding carboxylic acids is 1. The Morgan fingerprint density at radius 3 is 2.36 bits per heavy atom. The van der Waals surface area contributed by atoms with Crippen molar-refractivity contribution >= 4 is 5.91 Å². The van der Waals surface area contributed by atoms with Crippen molar-refractivity contribution in [3.05, 3.63) is 0 Å². The van der Waals surface area contributed by atoms with Crippen LogP contribution in [0.15, 0.2) is 0 Å². The predicted octanol–water partition coefficient (Wildman–Crippen LogP) is -0.635. The van der Waals surface area contributed by atoms with Crippen LogP contribution in [0.1, 0.15) is 12.8 Å². The Labute approximate surface area is 65.4 Å². The first-order valence-electron chi connectivity index (χ1n) is 3.63. The summed E-state index contributed by atoms with van der Waals surface area (Å²) in [5.74, 6) is -0.485. The van der Waals surface area contributed by atoms with E-state index in [1.54, 1.807) is 0 Å². The summed E-state index contributed by atoms with van der Waals surface area (Å²) in [7, 11) is 0. The number of hydrogen-bond donors (Lipinski definition) is 2. The third-order valence-electron chi connectivity index (χ3n) is 2.14. The van der Waals surface area contributed by atoms with Crippen LogP contribution in [0.3, 0.4) is 0 Å². The molecule has 0 aromatic heterocycles. The minimum atomic E-state index is -0.898. The molecule has 0 saturated carbocycles. The van der Waals surface area contributed by atoms with E-state index in [0.29, 0.717) is 25.9 Å². The van der Waals surface area contributed by atoms with Crippen molar-refractivity contribution in [2.45, 2.75) is 12.8 Å². The van der Waals surface area contributed by atoms with Crippen molar-refractivity contribution in [2.75, 3.05) is 13.1 Å². The molecule has 0 aromatic rings. The number of rotatable bonds is 1. The van der Waals surface area contributed by atoms with Crippen LogP contribution in [0.2, 0.25) is 0 Å². The number of piperidine rings is 1. The molecule has 0 unspecified atom stereocenters. The second-order valence-corrected chi connectivity index (χ2v) is 2.81. The van der Waals surface area contributed by atoms with E-state index in [2.05, 4.69) is 5.32 Å². The van der Waals surface area contributed by atoms with E-state index >= 15 is 0 Å². The van der Waals surface area contributed by atoms with Gasteiger partial charge in [-0.25, -0.2) is 0 Å². The van der Waals surface area contributed by atoms with Crippen molar-refractivity contribution < 1.29 is 4.79 Å². The van der Waals surface area contributed by atoms with Crippen molar-refractivity contribution in [2.24, 2.45) is 11.1 Å². The number of hydrogen-bond acceptors (Lipinski definition) is 3. The second kappa shape index (κ2) is 2.89. The average Bonchev–Trinajstić information content (AvgIpc) is 2.05. The standard InChI is InChI=1S/C7H11N3O/c8-5-7(6(9)11)1-3-10-4-2-7/h10H,1-4H2,(H2,9,11). The summed E-state index contributed by atoms with van der Waals surface area (Å²) in [5, 5.41) is 11.8. The third-order valence-corrected chi connectivity index (χ3v) is 2.14. The van der Waals surface area contributed by atoms with Gasteiger partial charge in [0.15, 0.2) is 0 Å². The zero-order valence-corrected chi connectivity index (χ0v) is 6.26. The maximum Gasteiger partial charge on any atom is 0.238 e. The Morgan fingerprint density at radius 2 is 2.09 bits per heavy atom. The Hall–Kier alpha value is -1.08. The summed E-state index contributed by atoms with van der Waals surface area (Å²) in [5.41, 5.74) is 4.23. The van der Waals surface area contributed by atoms with Gasteiger partial charge in [-0.1, -0.05) is 0 Å². The number of nitrogens with zero attached hydrogens (tertiary/aromatic N) is 1. The number of nitrogens with two attached hydrogens (primary N) is 1. The minimum Gasteiger partial charge on any atom is -0.368 e. The molecule has 11 heavy (non-hydrogen) atoms. The number of nitrogens with one attached hydrogen (secondary N) is 1. The van der Waals surface area contributed by atoms with Crippen LogP contribution >= 0.6 is 0 Å². The molecule has 0 bridgehead atoms. The Balaban J connectivity index is 2.75. The highest BCUT2D eigenvalue weighted by Crippen LogP contribution is 2.26. The lowest BCUT2D eigenvalue weighted by atomic mass is 9.80. The number of carbonyl (C=O) groups is 1. The van der Waals surface area contributed by atoms with Crippen molar-refractivity contribution in [3.63, 3.8) is 0 Å². The Bertz CT molecular complexity index is 200. The molecule has 1 fully saturated rings. The molecule has 1 aliphatic rings. The van der Waals surface area contributed by atoms with Gasteiger partial charge in [0, 0.05) is 0 Å². The molecule has 4 nitrogen and oxygen atoms in total. The Kier molecular flexibility index (Phi) is 2.11. The first-order valence-corrected chi connectivity index (χ1v) is 3.63. The third kappa shape index (κ3) is 1.33. The second-order valence-electron chi connectivity index (χ2n) is 2.81. The minimum absolute atomic E-state index is 0.485. The fourth-order valence-electron chi connectivity index (χ4n) is 1.27. The van der Waals surface area contributed by atoms with Crippen LogP contribution in [0.25, 0.3) is 0 Å². The van der Waals surface area contributed by atoms with Crippen molar-refractivity contribution in [1.82, 2.24) is 5.32 Å². The summed E-state index contributed by atoms with van der Waals surface area (Å²) < 4.78 is 0. The van der Waals surface area contributed by atoms with Crippen LogP contribution in [-0.4, -0.2) is 19.0 Å². The predicted molar refractivity (Wildman–Crippen MR) is 39.3 cm³/mol. The van der Waals surface area contributed by atoms with Gasteiger partial charge in [0.2, 0.25) is 5.91 Å². The highest BCUT2D eigenvalue weighted by Gasteiger charge is 2.37. The van der Waals surface area contributed by atoms with E-state index in [9.17, 15) is 4.79 Å². The fraction of sp³-hybridized carbons (Fsp3) is 0.714.